The van der Waals surface area contributed by atoms with Gasteiger partial charge in [-0.25, -0.2) is 15.0 Å². The van der Waals surface area contributed by atoms with Gasteiger partial charge in [-0.05, 0) is 68.3 Å². The first-order valence-corrected chi connectivity index (χ1v) is 13.4. The maximum absolute atomic E-state index is 12.6. The zero-order valence-electron chi connectivity index (χ0n) is 22.9. The summed E-state index contributed by atoms with van der Waals surface area (Å²) in [6.45, 7) is 5.18. The number of nitrogens with zero attached hydrogens (tertiary/aromatic N) is 1. The molecule has 3 amide bonds. The summed E-state index contributed by atoms with van der Waals surface area (Å²) in [5, 5.41) is 9.25. The number of allylic oxidation sites excluding steroid dienone is 1. The molecule has 11 nitrogen and oxygen atoms in total. The fourth-order valence-corrected chi connectivity index (χ4v) is 4.83. The van der Waals surface area contributed by atoms with E-state index >= 15 is 0 Å². The predicted octanol–water partition coefficient (Wildman–Crippen LogP) is 4.75. The summed E-state index contributed by atoms with van der Waals surface area (Å²) in [7, 11) is 1.44. The Bertz CT molecular complexity index is 1530. The van der Waals surface area contributed by atoms with Crippen LogP contribution < -0.4 is 25.5 Å². The van der Waals surface area contributed by atoms with E-state index in [9.17, 15) is 14.4 Å². The standard InChI is InChI=1S/C29H29BrN4O7/c1-5-39-28(36)26-17(3)32-29(37)33-27(26)18-7-10-23(24(13-18)38-4)40-15-25(35)34-31-14-19-8-11-22(41-19)20-9-6-16(2)12-21(20)30/h6-14,27H,5,15H2,1-4H3,(H,34,35)(H2,32,33,37)/b31-14+/t27-/m0/s1. The first kappa shape index (κ1) is 29.4. The number of nitrogens with one attached hydrogen (secondary N) is 3. The predicted molar refractivity (Wildman–Crippen MR) is 155 cm³/mol. The van der Waals surface area contributed by atoms with Crippen molar-refractivity contribution in [3.8, 4) is 22.8 Å². The molecule has 3 N–H and O–H groups in total. The molecule has 2 heterocycles. The maximum Gasteiger partial charge on any atom is 0.338 e. The second-order valence-corrected chi connectivity index (χ2v) is 9.82. The summed E-state index contributed by atoms with van der Waals surface area (Å²) in [6, 6.07) is 13.2. The van der Waals surface area contributed by atoms with E-state index in [4.69, 9.17) is 18.6 Å². The highest BCUT2D eigenvalue weighted by atomic mass is 79.9. The summed E-state index contributed by atoms with van der Waals surface area (Å²) in [6.07, 6.45) is 1.39. The number of benzene rings is 2. The molecule has 12 heteroatoms. The fraction of sp³-hybridized carbons (Fsp3) is 0.241. The number of aryl methyl sites for hydroxylation is 1. The van der Waals surface area contributed by atoms with E-state index in [1.54, 1.807) is 38.1 Å². The van der Waals surface area contributed by atoms with E-state index in [1.807, 2.05) is 31.2 Å². The van der Waals surface area contributed by atoms with E-state index < -0.39 is 23.9 Å². The van der Waals surface area contributed by atoms with Crippen molar-refractivity contribution in [3.05, 3.63) is 81.2 Å². The van der Waals surface area contributed by atoms with Crippen LogP contribution in [0.1, 0.15) is 36.8 Å². The van der Waals surface area contributed by atoms with Crippen LogP contribution in [-0.4, -0.2) is 44.4 Å². The van der Waals surface area contributed by atoms with Crippen molar-refractivity contribution in [1.29, 1.82) is 0 Å². The van der Waals surface area contributed by atoms with Crippen LogP contribution in [0.25, 0.3) is 11.3 Å². The molecule has 1 aromatic heterocycles. The van der Waals surface area contributed by atoms with Gasteiger partial charge in [-0.2, -0.15) is 5.10 Å². The van der Waals surface area contributed by atoms with Crippen LogP contribution in [0, 0.1) is 6.92 Å². The average molecular weight is 625 g/mol. The van der Waals surface area contributed by atoms with Crippen molar-refractivity contribution in [1.82, 2.24) is 16.1 Å². The monoisotopic (exact) mass is 624 g/mol. The van der Waals surface area contributed by atoms with Crippen molar-refractivity contribution in [3.63, 3.8) is 0 Å². The van der Waals surface area contributed by atoms with Gasteiger partial charge in [-0.15, -0.1) is 0 Å². The molecule has 0 spiro atoms. The van der Waals surface area contributed by atoms with Gasteiger partial charge < -0.3 is 29.3 Å². The van der Waals surface area contributed by atoms with Crippen molar-refractivity contribution < 1.29 is 33.0 Å². The quantitative estimate of drug-likeness (QED) is 0.168. The lowest BCUT2D eigenvalue weighted by molar-refractivity contribution is -0.139. The van der Waals surface area contributed by atoms with Gasteiger partial charge in [0.05, 0.1) is 31.5 Å². The fourth-order valence-electron chi connectivity index (χ4n) is 4.14. The highest BCUT2D eigenvalue weighted by Crippen LogP contribution is 2.35. The molecule has 214 valence electrons. The van der Waals surface area contributed by atoms with E-state index in [1.165, 1.54) is 13.3 Å². The van der Waals surface area contributed by atoms with E-state index in [0.29, 0.717) is 28.5 Å². The van der Waals surface area contributed by atoms with Gasteiger partial charge in [0.15, 0.2) is 18.1 Å². The number of carbonyl (C=O) groups is 3. The maximum atomic E-state index is 12.6. The molecule has 0 saturated heterocycles. The van der Waals surface area contributed by atoms with Gasteiger partial charge in [0.1, 0.15) is 11.5 Å². The third kappa shape index (κ3) is 7.14. The van der Waals surface area contributed by atoms with Gasteiger partial charge in [0, 0.05) is 15.7 Å². The number of urea groups is 1. The van der Waals surface area contributed by atoms with Crippen LogP contribution in [0.3, 0.4) is 0 Å². The molecule has 1 atom stereocenters. The highest BCUT2D eigenvalue weighted by molar-refractivity contribution is 9.10. The molecule has 41 heavy (non-hydrogen) atoms. The number of ether oxygens (including phenoxy) is 3. The molecular weight excluding hydrogens is 596 g/mol. The van der Waals surface area contributed by atoms with Gasteiger partial charge in [0.2, 0.25) is 0 Å². The Morgan fingerprint density at radius 3 is 2.66 bits per heavy atom. The number of hydrogen-bond donors (Lipinski definition) is 3. The number of esters is 1. The molecule has 0 aliphatic carbocycles. The van der Waals surface area contributed by atoms with Crippen LogP contribution in [-0.2, 0) is 14.3 Å². The molecule has 0 unspecified atom stereocenters. The topological polar surface area (TPSA) is 140 Å². The van der Waals surface area contributed by atoms with Gasteiger partial charge >= 0.3 is 12.0 Å². The molecule has 2 aromatic carbocycles. The van der Waals surface area contributed by atoms with E-state index in [0.717, 1.165) is 15.6 Å². The Balaban J connectivity index is 1.38. The molecule has 0 saturated carbocycles. The SMILES string of the molecule is CCOC(=O)C1=C(C)NC(=O)N[C@H]1c1ccc(OCC(=O)N/N=C/c2ccc(-c3ccc(C)cc3Br)o2)c(OC)c1. The molecule has 0 fully saturated rings. The zero-order chi connectivity index (χ0) is 29.5. The summed E-state index contributed by atoms with van der Waals surface area (Å²) in [4.78, 5) is 37.0. The number of hydrogen-bond acceptors (Lipinski definition) is 8. The lowest BCUT2D eigenvalue weighted by Crippen LogP contribution is -2.45. The van der Waals surface area contributed by atoms with E-state index in [2.05, 4.69) is 37.1 Å². The van der Waals surface area contributed by atoms with Gasteiger partial charge in [0.25, 0.3) is 5.91 Å². The van der Waals surface area contributed by atoms with Crippen LogP contribution in [0.5, 0.6) is 11.5 Å². The number of halogens is 1. The Kier molecular flexibility index (Phi) is 9.45. The molecule has 0 bridgehead atoms. The van der Waals surface area contributed by atoms with Crippen LogP contribution in [0.4, 0.5) is 4.79 Å². The highest BCUT2D eigenvalue weighted by Gasteiger charge is 2.32. The third-order valence-corrected chi connectivity index (χ3v) is 6.70. The summed E-state index contributed by atoms with van der Waals surface area (Å²) in [5.74, 6) is 0.656. The number of amides is 3. The Hall–Kier alpha value is -4.58. The Labute approximate surface area is 245 Å². The molecule has 0 radical (unpaired) electrons. The summed E-state index contributed by atoms with van der Waals surface area (Å²) >= 11 is 3.54. The number of rotatable bonds is 10. The second kappa shape index (κ2) is 13.2. The Morgan fingerprint density at radius 1 is 1.12 bits per heavy atom. The molecule has 3 aromatic rings. The molecule has 1 aliphatic heterocycles. The minimum absolute atomic E-state index is 0.187. The van der Waals surface area contributed by atoms with Crippen LogP contribution in [0.15, 0.2) is 73.8 Å². The Morgan fingerprint density at radius 2 is 1.93 bits per heavy atom. The summed E-state index contributed by atoms with van der Waals surface area (Å²) < 4.78 is 22.9. The lowest BCUT2D eigenvalue weighted by atomic mass is 9.95. The number of furan rings is 1. The van der Waals surface area contributed by atoms with E-state index in [-0.39, 0.29) is 24.5 Å². The zero-order valence-corrected chi connectivity index (χ0v) is 24.5. The minimum atomic E-state index is -0.766. The molecule has 4 rings (SSSR count). The first-order valence-electron chi connectivity index (χ1n) is 12.6. The average Bonchev–Trinajstić information content (AvgIpc) is 3.40. The number of methoxy groups -OCH3 is 1. The lowest BCUT2D eigenvalue weighted by Gasteiger charge is -2.28. The minimum Gasteiger partial charge on any atom is -0.493 e. The molecular formula is C29H29BrN4O7. The second-order valence-electron chi connectivity index (χ2n) is 8.97. The normalized spacial score (nSPS) is 14.9. The summed E-state index contributed by atoms with van der Waals surface area (Å²) in [5.41, 5.74) is 5.65. The smallest absolute Gasteiger partial charge is 0.338 e. The molecule has 1 aliphatic rings. The van der Waals surface area contributed by atoms with Crippen molar-refractivity contribution in [2.75, 3.05) is 20.3 Å². The van der Waals surface area contributed by atoms with Gasteiger partial charge in [-0.1, -0.05) is 28.1 Å². The number of carbonyl (C=O) groups excluding carboxylic acids is 3. The van der Waals surface area contributed by atoms with Crippen molar-refractivity contribution >= 4 is 40.1 Å². The first-order chi connectivity index (χ1) is 19.7. The van der Waals surface area contributed by atoms with Crippen molar-refractivity contribution in [2.24, 2.45) is 5.10 Å². The van der Waals surface area contributed by atoms with Gasteiger partial charge in [-0.3, -0.25) is 4.79 Å². The number of hydrazone groups is 1. The van der Waals surface area contributed by atoms with Crippen molar-refractivity contribution in [2.45, 2.75) is 26.8 Å². The van der Waals surface area contributed by atoms with Crippen LogP contribution in [0.2, 0.25) is 0 Å². The largest absolute Gasteiger partial charge is 0.493 e. The third-order valence-electron chi connectivity index (χ3n) is 6.04. The van der Waals surface area contributed by atoms with Crippen LogP contribution >= 0.6 is 15.9 Å².